The van der Waals surface area contributed by atoms with E-state index >= 15 is 0 Å². The Bertz CT molecular complexity index is 2800. The van der Waals surface area contributed by atoms with Crippen LogP contribution in [0.4, 0.5) is 0 Å². The van der Waals surface area contributed by atoms with Crippen molar-refractivity contribution in [2.45, 2.75) is 0 Å². The van der Waals surface area contributed by atoms with Crippen LogP contribution in [0.3, 0.4) is 0 Å². The van der Waals surface area contributed by atoms with Crippen molar-refractivity contribution in [2.75, 3.05) is 0 Å². The van der Waals surface area contributed by atoms with E-state index in [2.05, 4.69) is 134 Å². The Morgan fingerprint density at radius 3 is 1.40 bits per heavy atom. The molecule has 0 saturated carbocycles. The van der Waals surface area contributed by atoms with Crippen molar-refractivity contribution in [3.63, 3.8) is 0 Å². The number of benzene rings is 5. The number of hydrogen-bond donors (Lipinski definition) is 0. The largest absolute Gasteiger partial charge is 0.309 e. The highest BCUT2D eigenvalue weighted by atomic mass is 15.2. The third kappa shape index (κ3) is 4.48. The van der Waals surface area contributed by atoms with Crippen molar-refractivity contribution >= 4 is 43.6 Å². The highest BCUT2D eigenvalue weighted by molar-refractivity contribution is 6.12. The maximum atomic E-state index is 4.99. The lowest BCUT2D eigenvalue weighted by atomic mass is 10.0. The van der Waals surface area contributed by atoms with Gasteiger partial charge in [0.25, 0.3) is 0 Å². The minimum Gasteiger partial charge on any atom is -0.309 e. The third-order valence-corrected chi connectivity index (χ3v) is 9.30. The molecule has 234 valence electrons. The molecule has 5 heterocycles. The van der Waals surface area contributed by atoms with Gasteiger partial charge in [0.1, 0.15) is 11.4 Å². The minimum absolute atomic E-state index is 0.488. The van der Waals surface area contributed by atoms with Crippen molar-refractivity contribution in [1.29, 1.82) is 0 Å². The number of nitrogens with zero attached hydrogens (tertiary/aromatic N) is 7. The Balaban J connectivity index is 1.17. The van der Waals surface area contributed by atoms with Gasteiger partial charge in [0.15, 0.2) is 11.6 Å². The molecule has 0 spiro atoms. The Morgan fingerprint density at radius 2 is 0.840 bits per heavy atom. The van der Waals surface area contributed by atoms with Crippen LogP contribution in [-0.2, 0) is 0 Å². The van der Waals surface area contributed by atoms with Crippen molar-refractivity contribution in [3.8, 4) is 45.8 Å². The topological polar surface area (TPSA) is 74.3 Å². The number of pyridine rings is 2. The van der Waals surface area contributed by atoms with Gasteiger partial charge in [-0.25, -0.2) is 4.98 Å². The molecule has 0 unspecified atom stereocenters. The van der Waals surface area contributed by atoms with Gasteiger partial charge < -0.3 is 4.57 Å². The normalized spacial score (nSPS) is 11.6. The molecule has 10 aromatic rings. The maximum Gasteiger partial charge on any atom is 0.238 e. The van der Waals surface area contributed by atoms with Gasteiger partial charge in [-0.3, -0.25) is 14.5 Å². The highest BCUT2D eigenvalue weighted by Gasteiger charge is 2.19. The molecule has 7 nitrogen and oxygen atoms in total. The van der Waals surface area contributed by atoms with E-state index in [1.165, 1.54) is 21.8 Å². The molecule has 50 heavy (non-hydrogen) atoms. The fourth-order valence-corrected chi connectivity index (χ4v) is 7.06. The maximum absolute atomic E-state index is 4.99. The zero-order chi connectivity index (χ0) is 33.0. The van der Waals surface area contributed by atoms with E-state index in [9.17, 15) is 0 Å². The third-order valence-electron chi connectivity index (χ3n) is 9.30. The molecule has 0 bridgehead atoms. The standard InChI is InChI=1S/C43H27N7/c1-2-12-30(13-3-1)49-37-18-6-4-14-31(37)33-26-28(20-22-39(33)49)29-21-23-40-34(27-29)32-15-5-7-19-38(32)50(40)43-47-41(35-16-8-10-24-44-35)46-42(48-43)36-17-9-11-25-45-36/h1-27H. The summed E-state index contributed by atoms with van der Waals surface area (Å²) in [6, 6.07) is 52.5. The Kier molecular flexibility index (Phi) is 6.35. The van der Waals surface area contributed by atoms with Gasteiger partial charge in [-0.05, 0) is 83.9 Å². The van der Waals surface area contributed by atoms with E-state index in [0.717, 1.165) is 38.6 Å². The van der Waals surface area contributed by atoms with Crippen LogP contribution < -0.4 is 0 Å². The number of hydrogen-bond acceptors (Lipinski definition) is 5. The summed E-state index contributed by atoms with van der Waals surface area (Å²) < 4.78 is 4.46. The second kappa shape index (κ2) is 11.3. The van der Waals surface area contributed by atoms with Crippen LogP contribution in [0.2, 0.25) is 0 Å². The van der Waals surface area contributed by atoms with Crippen LogP contribution in [0, 0.1) is 0 Å². The van der Waals surface area contributed by atoms with Crippen molar-refractivity contribution in [1.82, 2.24) is 34.1 Å². The SMILES string of the molecule is c1ccc(-n2c3ccccc3c3cc(-c4ccc5c(c4)c4ccccc4n5-c4nc(-c5ccccn5)nc(-c5ccccn5)n4)ccc32)cc1. The number of fused-ring (bicyclic) bond motifs is 6. The minimum atomic E-state index is 0.488. The van der Waals surface area contributed by atoms with Crippen LogP contribution >= 0.6 is 0 Å². The van der Waals surface area contributed by atoms with Gasteiger partial charge in [-0.15, -0.1) is 0 Å². The van der Waals surface area contributed by atoms with Crippen LogP contribution in [0.15, 0.2) is 164 Å². The monoisotopic (exact) mass is 641 g/mol. The quantitative estimate of drug-likeness (QED) is 0.187. The summed E-state index contributed by atoms with van der Waals surface area (Å²) in [5.74, 6) is 1.49. The molecule has 0 fully saturated rings. The zero-order valence-electron chi connectivity index (χ0n) is 26.7. The molecule has 0 aliphatic heterocycles. The van der Waals surface area contributed by atoms with Crippen LogP contribution in [-0.4, -0.2) is 34.1 Å². The van der Waals surface area contributed by atoms with Crippen molar-refractivity contribution in [3.05, 3.63) is 164 Å². The summed E-state index contributed by atoms with van der Waals surface area (Å²) in [6.07, 6.45) is 3.50. The molecule has 5 aromatic carbocycles. The van der Waals surface area contributed by atoms with E-state index in [0.29, 0.717) is 29.0 Å². The molecule has 0 amide bonds. The molecular formula is C43H27N7. The summed E-state index contributed by atoms with van der Waals surface area (Å²) in [5, 5.41) is 4.68. The van der Waals surface area contributed by atoms with Gasteiger partial charge in [0.2, 0.25) is 5.95 Å². The molecule has 0 saturated heterocycles. The van der Waals surface area contributed by atoms with E-state index in [1.54, 1.807) is 12.4 Å². The average molecular weight is 642 g/mol. The molecule has 7 heteroatoms. The van der Waals surface area contributed by atoms with Gasteiger partial charge in [-0.1, -0.05) is 78.9 Å². The lowest BCUT2D eigenvalue weighted by Gasteiger charge is -2.10. The first kappa shape index (κ1) is 28.1. The molecule has 0 N–H and O–H groups in total. The Hall–Kier alpha value is -6.99. The van der Waals surface area contributed by atoms with Gasteiger partial charge in [0.05, 0.1) is 22.1 Å². The van der Waals surface area contributed by atoms with Crippen LogP contribution in [0.25, 0.3) is 89.4 Å². The second-order valence-electron chi connectivity index (χ2n) is 12.2. The van der Waals surface area contributed by atoms with Gasteiger partial charge in [0, 0.05) is 39.6 Å². The number of para-hydroxylation sites is 3. The fraction of sp³-hybridized carbons (Fsp3) is 0. The number of rotatable bonds is 5. The smallest absolute Gasteiger partial charge is 0.238 e. The van der Waals surface area contributed by atoms with Gasteiger partial charge in [-0.2, -0.15) is 9.97 Å². The van der Waals surface area contributed by atoms with Gasteiger partial charge >= 0.3 is 0 Å². The molecule has 5 aromatic heterocycles. The molecule has 0 radical (unpaired) electrons. The van der Waals surface area contributed by atoms with Crippen molar-refractivity contribution in [2.24, 2.45) is 0 Å². The Labute approximate surface area is 286 Å². The molecule has 0 atom stereocenters. The van der Waals surface area contributed by atoms with Crippen LogP contribution in [0.1, 0.15) is 0 Å². The summed E-state index contributed by atoms with van der Waals surface area (Å²) in [5.41, 5.74) is 9.16. The van der Waals surface area contributed by atoms with Crippen molar-refractivity contribution < 1.29 is 0 Å². The van der Waals surface area contributed by atoms with E-state index < -0.39 is 0 Å². The molecular weight excluding hydrogens is 615 g/mol. The number of aromatic nitrogens is 7. The predicted octanol–water partition coefficient (Wildman–Crippen LogP) is 9.86. The molecule has 10 rings (SSSR count). The lowest BCUT2D eigenvalue weighted by Crippen LogP contribution is -2.07. The Morgan fingerprint density at radius 1 is 0.360 bits per heavy atom. The average Bonchev–Trinajstić information content (AvgIpc) is 3.71. The molecule has 0 aliphatic rings. The first-order chi connectivity index (χ1) is 24.8. The first-order valence-corrected chi connectivity index (χ1v) is 16.5. The second-order valence-corrected chi connectivity index (χ2v) is 12.2. The predicted molar refractivity (Wildman–Crippen MR) is 200 cm³/mol. The van der Waals surface area contributed by atoms with E-state index in [4.69, 9.17) is 15.0 Å². The summed E-state index contributed by atoms with van der Waals surface area (Å²) >= 11 is 0. The summed E-state index contributed by atoms with van der Waals surface area (Å²) in [4.78, 5) is 23.9. The van der Waals surface area contributed by atoms with Crippen LogP contribution in [0.5, 0.6) is 0 Å². The fourth-order valence-electron chi connectivity index (χ4n) is 7.06. The summed E-state index contributed by atoms with van der Waals surface area (Å²) in [6.45, 7) is 0. The molecule has 0 aliphatic carbocycles. The first-order valence-electron chi connectivity index (χ1n) is 16.5. The zero-order valence-corrected chi connectivity index (χ0v) is 26.7. The lowest BCUT2D eigenvalue weighted by molar-refractivity contribution is 0.943. The van der Waals surface area contributed by atoms with E-state index in [1.807, 2.05) is 36.4 Å². The van der Waals surface area contributed by atoms with E-state index in [-0.39, 0.29) is 0 Å². The summed E-state index contributed by atoms with van der Waals surface area (Å²) in [7, 11) is 0. The highest BCUT2D eigenvalue weighted by Crippen LogP contribution is 2.38.